The lowest BCUT2D eigenvalue weighted by molar-refractivity contribution is -0.135. The van der Waals surface area contributed by atoms with Crippen LogP contribution in [0.2, 0.25) is 10.0 Å². The summed E-state index contributed by atoms with van der Waals surface area (Å²) in [6.07, 6.45) is 3.01. The second-order valence-electron chi connectivity index (χ2n) is 6.59. The van der Waals surface area contributed by atoms with E-state index in [0.717, 1.165) is 15.3 Å². The molecule has 0 saturated carbocycles. The van der Waals surface area contributed by atoms with Crippen molar-refractivity contribution < 1.29 is 22.7 Å². The number of oxazole rings is 1. The average Bonchev–Trinajstić information content (AvgIpc) is 3.25. The molecule has 0 amide bonds. The summed E-state index contributed by atoms with van der Waals surface area (Å²) in [6.45, 7) is -0.771. The minimum absolute atomic E-state index is 0.124. The van der Waals surface area contributed by atoms with E-state index < -0.39 is 22.5 Å². The van der Waals surface area contributed by atoms with Crippen LogP contribution in [-0.4, -0.2) is 31.0 Å². The van der Waals surface area contributed by atoms with Crippen molar-refractivity contribution in [2.45, 2.75) is 4.90 Å². The molecule has 3 aromatic carbocycles. The molecule has 0 unspecified atom stereocenters. The predicted octanol–water partition coefficient (Wildman–Crippen LogP) is 5.08. The lowest BCUT2D eigenvalue weighted by Gasteiger charge is -2.23. The fraction of sp³-hybridized carbons (Fsp3) is 0.0476. The highest BCUT2D eigenvalue weighted by molar-refractivity contribution is 7.92. The van der Waals surface area contributed by atoms with Crippen molar-refractivity contribution in [2.75, 3.05) is 10.8 Å². The third-order valence-corrected chi connectivity index (χ3v) is 6.68. The number of aliphatic carboxylic acids is 1. The summed E-state index contributed by atoms with van der Waals surface area (Å²) >= 11 is 11.9. The topological polar surface area (TPSA) is 101 Å². The zero-order valence-corrected chi connectivity index (χ0v) is 18.0. The molecule has 0 aliphatic carbocycles. The number of anilines is 1. The van der Waals surface area contributed by atoms with Gasteiger partial charge in [-0.25, -0.2) is 13.4 Å². The van der Waals surface area contributed by atoms with E-state index in [-0.39, 0.29) is 20.6 Å². The number of carbonyl (C=O) groups is 1. The van der Waals surface area contributed by atoms with E-state index in [1.165, 1.54) is 30.5 Å². The van der Waals surface area contributed by atoms with Gasteiger partial charge in [-0.2, -0.15) is 0 Å². The van der Waals surface area contributed by atoms with Crippen molar-refractivity contribution in [3.63, 3.8) is 0 Å². The van der Waals surface area contributed by atoms with Crippen molar-refractivity contribution in [1.82, 2.24) is 4.98 Å². The number of nitrogens with zero attached hydrogens (tertiary/aromatic N) is 2. The lowest BCUT2D eigenvalue weighted by Crippen LogP contribution is -2.35. The first-order chi connectivity index (χ1) is 14.7. The number of benzene rings is 3. The van der Waals surface area contributed by atoms with Gasteiger partial charge in [-0.05, 0) is 53.2 Å². The molecule has 1 N–H and O–H groups in total. The van der Waals surface area contributed by atoms with Crippen LogP contribution in [0.1, 0.15) is 0 Å². The Morgan fingerprint density at radius 2 is 1.68 bits per heavy atom. The molecule has 0 aliphatic heterocycles. The molecule has 0 bridgehead atoms. The molecule has 1 heterocycles. The standard InChI is InChI=1S/C21H14Cl2N2O5S/c22-16-9-17(23)11-19(10-16)31(28,29)25(12-20(26)27)18-4-3-13-7-15(2-1-14(13)8-18)21-24-5-6-30-21/h1-11H,12H2,(H,26,27). The molecule has 10 heteroatoms. The van der Waals surface area contributed by atoms with Gasteiger partial charge in [-0.1, -0.05) is 35.3 Å². The molecule has 0 atom stereocenters. The molecule has 0 radical (unpaired) electrons. The minimum Gasteiger partial charge on any atom is -0.480 e. The van der Waals surface area contributed by atoms with Crippen molar-refractivity contribution in [1.29, 1.82) is 0 Å². The lowest BCUT2D eigenvalue weighted by atomic mass is 10.1. The largest absolute Gasteiger partial charge is 0.480 e. The van der Waals surface area contributed by atoms with Gasteiger partial charge in [0.05, 0.1) is 16.8 Å². The Morgan fingerprint density at radius 3 is 2.32 bits per heavy atom. The van der Waals surface area contributed by atoms with Crippen molar-refractivity contribution in [3.8, 4) is 11.5 Å². The SMILES string of the molecule is O=C(O)CN(c1ccc2cc(-c3ncco3)ccc2c1)S(=O)(=O)c1cc(Cl)cc(Cl)c1. The van der Waals surface area contributed by atoms with E-state index in [9.17, 15) is 18.3 Å². The first kappa shape index (κ1) is 21.2. The Balaban J connectivity index is 1.80. The van der Waals surface area contributed by atoms with Crippen molar-refractivity contribution in [3.05, 3.63) is 77.1 Å². The van der Waals surface area contributed by atoms with Gasteiger partial charge in [0.25, 0.3) is 10.0 Å². The highest BCUT2D eigenvalue weighted by Gasteiger charge is 2.28. The van der Waals surface area contributed by atoms with Gasteiger partial charge in [0.2, 0.25) is 5.89 Å². The molecule has 0 aliphatic rings. The smallest absolute Gasteiger partial charge is 0.324 e. The van der Waals surface area contributed by atoms with Gasteiger partial charge in [0.15, 0.2) is 0 Å². The molecule has 4 aromatic rings. The molecular formula is C21H14Cl2N2O5S. The third-order valence-electron chi connectivity index (χ3n) is 4.49. The number of carboxylic acid groups (broad SMARTS) is 1. The number of fused-ring (bicyclic) bond motifs is 1. The van der Waals surface area contributed by atoms with Gasteiger partial charge < -0.3 is 9.52 Å². The summed E-state index contributed by atoms with van der Waals surface area (Å²) in [7, 11) is -4.25. The van der Waals surface area contributed by atoms with Gasteiger partial charge in [-0.3, -0.25) is 9.10 Å². The highest BCUT2D eigenvalue weighted by Crippen LogP contribution is 2.31. The predicted molar refractivity (Wildman–Crippen MR) is 118 cm³/mol. The number of carboxylic acids is 1. The highest BCUT2D eigenvalue weighted by atomic mass is 35.5. The molecule has 1 aromatic heterocycles. The summed E-state index contributed by atoms with van der Waals surface area (Å²) in [4.78, 5) is 15.4. The minimum atomic E-state index is -4.25. The molecule has 0 fully saturated rings. The third kappa shape index (κ3) is 4.36. The van der Waals surface area contributed by atoms with E-state index in [2.05, 4.69) is 4.98 Å². The van der Waals surface area contributed by atoms with Gasteiger partial charge in [0.1, 0.15) is 12.8 Å². The van der Waals surface area contributed by atoms with E-state index in [1.807, 2.05) is 6.07 Å². The van der Waals surface area contributed by atoms with Crippen LogP contribution in [0.4, 0.5) is 5.69 Å². The summed E-state index contributed by atoms with van der Waals surface area (Å²) in [5.41, 5.74) is 0.948. The van der Waals surface area contributed by atoms with Crippen LogP contribution in [0.3, 0.4) is 0 Å². The average molecular weight is 477 g/mol. The second-order valence-corrected chi connectivity index (χ2v) is 9.33. The maximum atomic E-state index is 13.2. The Labute approximate surface area is 187 Å². The summed E-state index contributed by atoms with van der Waals surface area (Å²) in [5.74, 6) is -0.852. The zero-order chi connectivity index (χ0) is 22.2. The monoisotopic (exact) mass is 476 g/mol. The molecule has 0 saturated heterocycles. The van der Waals surface area contributed by atoms with Crippen LogP contribution >= 0.6 is 23.2 Å². The van der Waals surface area contributed by atoms with Crippen LogP contribution in [0.15, 0.2) is 76.4 Å². The van der Waals surface area contributed by atoms with Crippen molar-refractivity contribution >= 4 is 55.7 Å². The Morgan fingerprint density at radius 1 is 1.00 bits per heavy atom. The van der Waals surface area contributed by atoms with Gasteiger partial charge in [0, 0.05) is 15.6 Å². The Hall–Kier alpha value is -3.07. The Bertz CT molecular complexity index is 1370. The van der Waals surface area contributed by atoms with Crippen LogP contribution < -0.4 is 4.31 Å². The van der Waals surface area contributed by atoms with Crippen LogP contribution in [0.25, 0.3) is 22.2 Å². The first-order valence-electron chi connectivity index (χ1n) is 8.88. The fourth-order valence-electron chi connectivity index (χ4n) is 3.13. The van der Waals surface area contributed by atoms with E-state index in [0.29, 0.717) is 11.3 Å². The number of hydrogen-bond acceptors (Lipinski definition) is 5. The number of sulfonamides is 1. The van der Waals surface area contributed by atoms with E-state index in [1.54, 1.807) is 30.5 Å². The van der Waals surface area contributed by atoms with Crippen LogP contribution in [0, 0.1) is 0 Å². The van der Waals surface area contributed by atoms with E-state index >= 15 is 0 Å². The quantitative estimate of drug-likeness (QED) is 0.416. The molecule has 0 spiro atoms. The summed E-state index contributed by atoms with van der Waals surface area (Å²) in [5, 5.41) is 11.1. The van der Waals surface area contributed by atoms with Gasteiger partial charge >= 0.3 is 5.97 Å². The van der Waals surface area contributed by atoms with E-state index in [4.69, 9.17) is 27.6 Å². The normalized spacial score (nSPS) is 11.5. The van der Waals surface area contributed by atoms with Crippen LogP contribution in [-0.2, 0) is 14.8 Å². The molecular weight excluding hydrogens is 463 g/mol. The fourth-order valence-corrected chi connectivity index (χ4v) is 5.26. The van der Waals surface area contributed by atoms with Crippen molar-refractivity contribution in [2.24, 2.45) is 0 Å². The number of aromatic nitrogens is 1. The molecule has 158 valence electrons. The zero-order valence-electron chi connectivity index (χ0n) is 15.7. The number of halogens is 2. The maximum absolute atomic E-state index is 13.2. The van der Waals surface area contributed by atoms with Crippen LogP contribution in [0.5, 0.6) is 0 Å². The second kappa shape index (κ2) is 8.22. The first-order valence-corrected chi connectivity index (χ1v) is 11.1. The Kier molecular flexibility index (Phi) is 5.62. The number of rotatable bonds is 6. The maximum Gasteiger partial charge on any atom is 0.324 e. The molecule has 4 rings (SSSR count). The van der Waals surface area contributed by atoms with Gasteiger partial charge in [-0.15, -0.1) is 0 Å². The molecule has 7 nitrogen and oxygen atoms in total. The summed E-state index contributed by atoms with van der Waals surface area (Å²) < 4.78 is 32.6. The summed E-state index contributed by atoms with van der Waals surface area (Å²) in [6, 6.07) is 14.1. The number of hydrogen-bond donors (Lipinski definition) is 1. The molecule has 31 heavy (non-hydrogen) atoms.